The predicted octanol–water partition coefficient (Wildman–Crippen LogP) is 6.57. The molecule has 0 saturated heterocycles. The first-order valence-electron chi connectivity index (χ1n) is 9.22. The Labute approximate surface area is 140 Å². The van der Waals surface area contributed by atoms with Crippen LogP contribution in [0.2, 0.25) is 0 Å². The van der Waals surface area contributed by atoms with Crippen LogP contribution >= 0.6 is 8.60 Å². The Morgan fingerprint density at radius 1 is 0.591 bits per heavy atom. The van der Waals surface area contributed by atoms with Crippen LogP contribution in [-0.2, 0) is 13.6 Å². The Hall–Kier alpha value is 0.310. The van der Waals surface area contributed by atoms with Crippen LogP contribution in [0.25, 0.3) is 0 Å². The maximum absolute atomic E-state index is 5.93. The summed E-state index contributed by atoms with van der Waals surface area (Å²) in [6.07, 6.45) is 7.19. The van der Waals surface area contributed by atoms with E-state index in [-0.39, 0.29) is 0 Å². The van der Waals surface area contributed by atoms with Crippen molar-refractivity contribution in [1.29, 1.82) is 0 Å². The van der Waals surface area contributed by atoms with E-state index in [9.17, 15) is 0 Å². The number of rotatable bonds is 15. The minimum Gasteiger partial charge on any atom is -0.312 e. The van der Waals surface area contributed by atoms with Gasteiger partial charge in [0, 0.05) is 0 Å². The molecule has 0 spiro atoms. The Morgan fingerprint density at radius 2 is 0.864 bits per heavy atom. The summed E-state index contributed by atoms with van der Waals surface area (Å²) in [5, 5.41) is 0. The molecule has 0 amide bonds. The topological polar surface area (TPSA) is 27.7 Å². The normalized spacial score (nSPS) is 17.2. The molecule has 0 saturated carbocycles. The largest absolute Gasteiger partial charge is 0.332 e. The van der Waals surface area contributed by atoms with E-state index in [2.05, 4.69) is 41.5 Å². The number of hydrogen-bond donors (Lipinski definition) is 0. The van der Waals surface area contributed by atoms with E-state index in [1.54, 1.807) is 0 Å². The fourth-order valence-electron chi connectivity index (χ4n) is 2.40. The van der Waals surface area contributed by atoms with Crippen molar-refractivity contribution in [2.75, 3.05) is 19.8 Å². The van der Waals surface area contributed by atoms with Gasteiger partial charge in [-0.3, -0.25) is 0 Å². The molecule has 0 aliphatic heterocycles. The van der Waals surface area contributed by atoms with Gasteiger partial charge in [0.2, 0.25) is 0 Å². The first kappa shape index (κ1) is 22.3. The molecule has 0 N–H and O–H groups in total. The Morgan fingerprint density at radius 3 is 1.09 bits per heavy atom. The first-order chi connectivity index (χ1) is 10.5. The van der Waals surface area contributed by atoms with Gasteiger partial charge in [0.05, 0.1) is 19.8 Å². The highest BCUT2D eigenvalue weighted by Crippen LogP contribution is 2.41. The van der Waals surface area contributed by atoms with Gasteiger partial charge in [0.25, 0.3) is 0 Å². The van der Waals surface area contributed by atoms with Crippen LogP contribution in [0.3, 0.4) is 0 Å². The second-order valence-corrected chi connectivity index (χ2v) is 8.01. The van der Waals surface area contributed by atoms with Crippen molar-refractivity contribution in [2.45, 2.75) is 80.1 Å². The van der Waals surface area contributed by atoms with Crippen molar-refractivity contribution in [2.24, 2.45) is 17.8 Å². The lowest BCUT2D eigenvalue weighted by Gasteiger charge is -2.22. The van der Waals surface area contributed by atoms with Crippen LogP contribution in [0.1, 0.15) is 80.1 Å². The molecular weight excluding hydrogens is 295 g/mol. The average Bonchev–Trinajstić information content (AvgIpc) is 2.47. The van der Waals surface area contributed by atoms with Crippen molar-refractivity contribution in [3.8, 4) is 0 Å². The van der Waals surface area contributed by atoms with E-state index in [4.69, 9.17) is 13.6 Å². The average molecular weight is 334 g/mol. The van der Waals surface area contributed by atoms with Crippen molar-refractivity contribution in [3.63, 3.8) is 0 Å². The SMILES string of the molecule is CCCC(C)COP(OCC(C)CCC)OCC(C)CCC. The molecule has 3 nitrogen and oxygen atoms in total. The van der Waals surface area contributed by atoms with Crippen molar-refractivity contribution in [1.82, 2.24) is 0 Å². The number of hydrogen-bond acceptors (Lipinski definition) is 3. The van der Waals surface area contributed by atoms with E-state index in [0.717, 1.165) is 19.8 Å². The van der Waals surface area contributed by atoms with E-state index >= 15 is 0 Å². The zero-order chi connectivity index (χ0) is 16.8. The predicted molar refractivity (Wildman–Crippen MR) is 97.0 cm³/mol. The molecular formula is C18H39O3P. The highest BCUT2D eigenvalue weighted by molar-refractivity contribution is 7.41. The molecule has 0 aromatic carbocycles. The van der Waals surface area contributed by atoms with Crippen LogP contribution < -0.4 is 0 Å². The molecule has 0 bridgehead atoms. The van der Waals surface area contributed by atoms with Gasteiger partial charge in [-0.05, 0) is 37.0 Å². The second-order valence-electron chi connectivity index (χ2n) is 6.79. The Balaban J connectivity index is 4.17. The third-order valence-electron chi connectivity index (χ3n) is 3.74. The zero-order valence-corrected chi connectivity index (χ0v) is 16.7. The minimum atomic E-state index is -1.19. The standard InChI is InChI=1S/C18H39O3P/c1-7-10-16(4)13-19-22(20-14-17(5)11-8-2)21-15-18(6)12-9-3/h16-18H,7-15H2,1-6H3. The van der Waals surface area contributed by atoms with Gasteiger partial charge in [0.15, 0.2) is 0 Å². The summed E-state index contributed by atoms with van der Waals surface area (Å²) in [4.78, 5) is 0. The van der Waals surface area contributed by atoms with Crippen LogP contribution in [0.15, 0.2) is 0 Å². The molecule has 0 fully saturated rings. The summed E-state index contributed by atoms with van der Waals surface area (Å²) in [6.45, 7) is 15.6. The van der Waals surface area contributed by atoms with Gasteiger partial charge in [-0.1, -0.05) is 60.8 Å². The van der Waals surface area contributed by atoms with Crippen LogP contribution in [-0.4, -0.2) is 19.8 Å². The van der Waals surface area contributed by atoms with Crippen molar-refractivity contribution >= 4 is 8.60 Å². The third-order valence-corrected chi connectivity index (χ3v) is 4.82. The molecule has 0 radical (unpaired) electrons. The van der Waals surface area contributed by atoms with Crippen LogP contribution in [0, 0.1) is 17.8 Å². The molecule has 0 aromatic heterocycles. The van der Waals surface area contributed by atoms with Crippen LogP contribution in [0.4, 0.5) is 0 Å². The van der Waals surface area contributed by atoms with Gasteiger partial charge in [0.1, 0.15) is 0 Å². The molecule has 0 heterocycles. The van der Waals surface area contributed by atoms with Gasteiger partial charge in [-0.25, -0.2) is 0 Å². The third kappa shape index (κ3) is 12.8. The summed E-state index contributed by atoms with van der Waals surface area (Å²) in [5.74, 6) is 1.72. The van der Waals surface area contributed by atoms with Crippen LogP contribution in [0.5, 0.6) is 0 Å². The fourth-order valence-corrected chi connectivity index (χ4v) is 3.76. The molecule has 4 heteroatoms. The lowest BCUT2D eigenvalue weighted by Crippen LogP contribution is -2.11. The molecule has 0 aliphatic rings. The minimum absolute atomic E-state index is 0.573. The fraction of sp³-hybridized carbons (Fsp3) is 1.00. The van der Waals surface area contributed by atoms with Gasteiger partial charge in [-0.2, -0.15) is 0 Å². The van der Waals surface area contributed by atoms with Crippen molar-refractivity contribution < 1.29 is 13.6 Å². The smallest absolute Gasteiger partial charge is 0.312 e. The van der Waals surface area contributed by atoms with E-state index in [1.165, 1.54) is 38.5 Å². The lowest BCUT2D eigenvalue weighted by atomic mass is 10.1. The highest BCUT2D eigenvalue weighted by Gasteiger charge is 2.17. The summed E-state index contributed by atoms with van der Waals surface area (Å²) >= 11 is 0. The molecule has 0 aromatic rings. The molecule has 22 heavy (non-hydrogen) atoms. The van der Waals surface area contributed by atoms with Gasteiger partial charge in [-0.15, -0.1) is 0 Å². The summed E-state index contributed by atoms with van der Waals surface area (Å²) in [6, 6.07) is 0. The maximum Gasteiger partial charge on any atom is 0.332 e. The molecule has 0 rings (SSSR count). The van der Waals surface area contributed by atoms with Crippen molar-refractivity contribution in [3.05, 3.63) is 0 Å². The van der Waals surface area contributed by atoms with Gasteiger partial charge >= 0.3 is 8.60 Å². The second kappa shape index (κ2) is 14.9. The highest BCUT2D eigenvalue weighted by atomic mass is 31.2. The Bertz CT molecular complexity index is 200. The van der Waals surface area contributed by atoms with Gasteiger partial charge < -0.3 is 13.6 Å². The lowest BCUT2D eigenvalue weighted by molar-refractivity contribution is 0.119. The summed E-state index contributed by atoms with van der Waals surface area (Å²) in [5.41, 5.74) is 0. The maximum atomic E-state index is 5.93. The molecule has 3 unspecified atom stereocenters. The van der Waals surface area contributed by atoms with E-state index < -0.39 is 8.60 Å². The quantitative estimate of drug-likeness (QED) is 0.317. The summed E-state index contributed by atoms with van der Waals surface area (Å²) < 4.78 is 17.8. The first-order valence-corrected chi connectivity index (χ1v) is 10.3. The van der Waals surface area contributed by atoms with E-state index in [0.29, 0.717) is 17.8 Å². The van der Waals surface area contributed by atoms with E-state index in [1.807, 2.05) is 0 Å². The Kier molecular flexibility index (Phi) is 15.1. The molecule has 134 valence electrons. The molecule has 3 atom stereocenters. The molecule has 0 aliphatic carbocycles. The summed E-state index contributed by atoms with van der Waals surface area (Å²) in [7, 11) is -1.19. The monoisotopic (exact) mass is 334 g/mol. The zero-order valence-electron chi connectivity index (χ0n) is 15.8.